The molecule has 3 amide bonds. The van der Waals surface area contributed by atoms with E-state index in [1.807, 2.05) is 6.92 Å². The molecule has 0 unspecified atom stereocenters. The molecule has 12 heteroatoms. The summed E-state index contributed by atoms with van der Waals surface area (Å²) < 4.78 is 28.9. The van der Waals surface area contributed by atoms with Gasteiger partial charge in [-0.1, -0.05) is 12.1 Å². The number of rotatable bonds is 10. The van der Waals surface area contributed by atoms with E-state index in [4.69, 9.17) is 20.9 Å². The van der Waals surface area contributed by atoms with Gasteiger partial charge in [0.15, 0.2) is 5.69 Å². The van der Waals surface area contributed by atoms with Crippen molar-refractivity contribution in [1.82, 2.24) is 9.69 Å². The first-order valence-corrected chi connectivity index (χ1v) is 12.8. The number of hydrogen-bond donors (Lipinski definition) is 3. The first-order chi connectivity index (χ1) is 18.3. The van der Waals surface area contributed by atoms with E-state index in [-0.39, 0.29) is 28.9 Å². The monoisotopic (exact) mass is 541 g/mol. The van der Waals surface area contributed by atoms with Crippen molar-refractivity contribution in [2.24, 2.45) is 5.73 Å². The number of nitrogens with zero attached hydrogens (tertiary/aromatic N) is 2. The molecule has 0 radical (unpaired) electrons. The summed E-state index contributed by atoms with van der Waals surface area (Å²) in [5, 5.41) is 2.87. The van der Waals surface area contributed by atoms with Crippen molar-refractivity contribution in [3.05, 3.63) is 70.5 Å². The molecule has 1 aliphatic rings. The Balaban J connectivity index is 1.80. The molecule has 200 valence electrons. The number of anilines is 2. The summed E-state index contributed by atoms with van der Waals surface area (Å²) in [6.07, 6.45) is 1.56. The van der Waals surface area contributed by atoms with Crippen molar-refractivity contribution in [2.75, 3.05) is 30.4 Å². The number of benzene rings is 2. The number of primary amides is 1. The smallest absolute Gasteiger partial charge is 0.273 e. The van der Waals surface area contributed by atoms with Crippen molar-refractivity contribution in [3.8, 4) is 5.75 Å². The zero-order valence-corrected chi connectivity index (χ0v) is 21.5. The molecule has 1 saturated heterocycles. The van der Waals surface area contributed by atoms with Crippen LogP contribution in [-0.2, 0) is 9.53 Å². The van der Waals surface area contributed by atoms with Crippen LogP contribution in [0.5, 0.6) is 5.75 Å². The minimum atomic E-state index is -1.22. The van der Waals surface area contributed by atoms with E-state index in [1.165, 1.54) is 29.2 Å². The van der Waals surface area contributed by atoms with E-state index in [2.05, 4.69) is 9.69 Å². The van der Waals surface area contributed by atoms with Crippen LogP contribution in [0.15, 0.2) is 48.5 Å². The van der Waals surface area contributed by atoms with E-state index in [1.54, 1.807) is 24.3 Å². The molecule has 4 rings (SSSR count). The standard InChI is InChI=1S/C26H28FN5O5S/c1-2-36-18-11-9-17(10-12-18)32(26(35)23-20(28)21(24(29)33)31-38-23)22(15-5-7-16(27)8-6-15)25(34)30-14-19-4-3-13-37-19/h5-12,19,22H,2-4,13-14,28H2,1H3,(H2,29,33)(H,30,34)/t19-,22+/m1/s1. The van der Waals surface area contributed by atoms with Gasteiger partial charge in [0.25, 0.3) is 11.8 Å². The summed E-state index contributed by atoms with van der Waals surface area (Å²) in [7, 11) is 0. The third-order valence-electron chi connectivity index (χ3n) is 6.02. The van der Waals surface area contributed by atoms with Gasteiger partial charge in [-0.3, -0.25) is 19.3 Å². The molecule has 1 fully saturated rings. The Morgan fingerprint density at radius 3 is 2.50 bits per heavy atom. The fraction of sp³-hybridized carbons (Fsp3) is 0.308. The number of hydrogen-bond acceptors (Lipinski definition) is 8. The Labute approximate surface area is 222 Å². The second-order valence-electron chi connectivity index (χ2n) is 8.57. The van der Waals surface area contributed by atoms with Gasteiger partial charge in [-0.05, 0) is 73.3 Å². The fourth-order valence-corrected chi connectivity index (χ4v) is 4.91. The maximum absolute atomic E-state index is 14.0. The number of aromatic nitrogens is 1. The Kier molecular flexibility index (Phi) is 8.54. The topological polar surface area (TPSA) is 150 Å². The number of nitrogens with two attached hydrogens (primary N) is 2. The van der Waals surface area contributed by atoms with Crippen LogP contribution < -0.4 is 26.4 Å². The lowest BCUT2D eigenvalue weighted by Crippen LogP contribution is -2.45. The van der Waals surface area contributed by atoms with Crippen LogP contribution in [0.1, 0.15) is 51.5 Å². The van der Waals surface area contributed by atoms with Gasteiger partial charge in [0, 0.05) is 18.8 Å². The molecule has 2 atom stereocenters. The van der Waals surface area contributed by atoms with Crippen molar-refractivity contribution in [3.63, 3.8) is 0 Å². The summed E-state index contributed by atoms with van der Waals surface area (Å²) in [5.41, 5.74) is 11.7. The quantitative estimate of drug-likeness (QED) is 0.357. The summed E-state index contributed by atoms with van der Waals surface area (Å²) in [6.45, 7) is 3.15. The summed E-state index contributed by atoms with van der Waals surface area (Å²) in [4.78, 5) is 40.6. The molecule has 2 aromatic carbocycles. The van der Waals surface area contributed by atoms with Crippen LogP contribution in [0.4, 0.5) is 15.8 Å². The second-order valence-corrected chi connectivity index (χ2v) is 9.35. The van der Waals surface area contributed by atoms with Gasteiger partial charge in [-0.2, -0.15) is 4.37 Å². The fourth-order valence-electron chi connectivity index (χ4n) is 4.17. The van der Waals surface area contributed by atoms with Crippen molar-refractivity contribution in [2.45, 2.75) is 31.9 Å². The zero-order valence-electron chi connectivity index (χ0n) is 20.7. The summed E-state index contributed by atoms with van der Waals surface area (Å²) in [5.74, 6) is -2.00. The number of carbonyl (C=O) groups excluding carboxylic acids is 3. The van der Waals surface area contributed by atoms with Gasteiger partial charge in [0.2, 0.25) is 5.91 Å². The van der Waals surface area contributed by atoms with E-state index in [0.29, 0.717) is 41.7 Å². The third-order valence-corrected chi connectivity index (χ3v) is 6.87. The predicted molar refractivity (Wildman–Crippen MR) is 141 cm³/mol. The summed E-state index contributed by atoms with van der Waals surface area (Å²) >= 11 is 0.704. The molecule has 1 aliphatic heterocycles. The molecule has 0 spiro atoms. The lowest BCUT2D eigenvalue weighted by Gasteiger charge is -2.31. The number of carbonyl (C=O) groups is 3. The molecule has 38 heavy (non-hydrogen) atoms. The second kappa shape index (κ2) is 12.0. The van der Waals surface area contributed by atoms with E-state index >= 15 is 0 Å². The van der Waals surface area contributed by atoms with Gasteiger partial charge in [0.1, 0.15) is 22.5 Å². The highest BCUT2D eigenvalue weighted by atomic mass is 32.1. The highest BCUT2D eigenvalue weighted by Crippen LogP contribution is 2.34. The number of nitrogens with one attached hydrogen (secondary N) is 1. The lowest BCUT2D eigenvalue weighted by atomic mass is 10.0. The molecule has 3 aromatic rings. The Bertz CT molecular complexity index is 1290. The molecule has 5 N–H and O–H groups in total. The highest BCUT2D eigenvalue weighted by molar-refractivity contribution is 7.09. The predicted octanol–water partition coefficient (Wildman–Crippen LogP) is 3.05. The van der Waals surface area contributed by atoms with Gasteiger partial charge in [0.05, 0.1) is 18.4 Å². The maximum Gasteiger partial charge on any atom is 0.273 e. The Hall–Kier alpha value is -4.03. The van der Waals surface area contributed by atoms with E-state index in [0.717, 1.165) is 12.8 Å². The zero-order chi connectivity index (χ0) is 27.2. The van der Waals surface area contributed by atoms with Crippen LogP contribution in [0.25, 0.3) is 0 Å². The average Bonchev–Trinajstić information content (AvgIpc) is 3.57. The van der Waals surface area contributed by atoms with Crippen LogP contribution in [0.3, 0.4) is 0 Å². The number of ether oxygens (including phenoxy) is 2. The third kappa shape index (κ3) is 5.92. The van der Waals surface area contributed by atoms with Crippen molar-refractivity contribution < 1.29 is 28.2 Å². The normalized spacial score (nSPS) is 15.6. The molecular formula is C26H28FN5O5S. The minimum absolute atomic E-state index is 0.0632. The highest BCUT2D eigenvalue weighted by Gasteiger charge is 2.36. The van der Waals surface area contributed by atoms with Crippen molar-refractivity contribution in [1.29, 1.82) is 0 Å². The molecule has 0 saturated carbocycles. The van der Waals surface area contributed by atoms with Crippen LogP contribution in [0.2, 0.25) is 0 Å². The maximum atomic E-state index is 14.0. The van der Waals surface area contributed by atoms with Crippen LogP contribution >= 0.6 is 11.5 Å². The van der Waals surface area contributed by atoms with E-state index in [9.17, 15) is 18.8 Å². The molecule has 2 heterocycles. The molecule has 0 bridgehead atoms. The Morgan fingerprint density at radius 1 is 1.21 bits per heavy atom. The minimum Gasteiger partial charge on any atom is -0.494 e. The Morgan fingerprint density at radius 2 is 1.92 bits per heavy atom. The van der Waals surface area contributed by atoms with Gasteiger partial charge in [-0.15, -0.1) is 0 Å². The lowest BCUT2D eigenvalue weighted by molar-refractivity contribution is -0.123. The van der Waals surface area contributed by atoms with Gasteiger partial charge >= 0.3 is 0 Å². The van der Waals surface area contributed by atoms with Crippen molar-refractivity contribution >= 4 is 40.6 Å². The SMILES string of the molecule is CCOc1ccc(N(C(=O)c2snc(C(N)=O)c2N)[C@H](C(=O)NC[C@H]2CCCO2)c2ccc(F)cc2)cc1. The molecule has 1 aromatic heterocycles. The average molecular weight is 542 g/mol. The van der Waals surface area contributed by atoms with Gasteiger partial charge in [-0.25, -0.2) is 4.39 Å². The molecule has 10 nitrogen and oxygen atoms in total. The first-order valence-electron chi connectivity index (χ1n) is 12.1. The van der Waals surface area contributed by atoms with Crippen LogP contribution in [0, 0.1) is 5.82 Å². The largest absolute Gasteiger partial charge is 0.494 e. The molecule has 0 aliphatic carbocycles. The number of halogens is 1. The first kappa shape index (κ1) is 27.0. The van der Waals surface area contributed by atoms with E-state index < -0.39 is 29.6 Å². The van der Waals surface area contributed by atoms with Crippen LogP contribution in [-0.4, -0.2) is 48.0 Å². The number of amides is 3. The number of nitrogen functional groups attached to an aromatic ring is 1. The van der Waals surface area contributed by atoms with Gasteiger partial charge < -0.3 is 26.3 Å². The molecular weight excluding hydrogens is 513 g/mol. The summed E-state index contributed by atoms with van der Waals surface area (Å²) in [6, 6.07) is 10.6.